The Kier molecular flexibility index (Phi) is 7.67. The minimum atomic E-state index is -1.20. The average molecular weight is 337 g/mol. The summed E-state index contributed by atoms with van der Waals surface area (Å²) in [4.78, 5) is 45.3. The fourth-order valence-corrected chi connectivity index (χ4v) is 2.21. The van der Waals surface area contributed by atoms with Crippen molar-refractivity contribution in [3.8, 4) is 0 Å². The van der Waals surface area contributed by atoms with E-state index in [2.05, 4.69) is 5.32 Å². The van der Waals surface area contributed by atoms with Gasteiger partial charge >= 0.3 is 5.97 Å². The fourth-order valence-electron chi connectivity index (χ4n) is 2.21. The molecule has 4 N–H and O–H groups in total. The first-order chi connectivity index (χ1) is 11.3. The summed E-state index contributed by atoms with van der Waals surface area (Å²) in [5, 5.41) is 11.4. The first-order valence-corrected chi connectivity index (χ1v) is 7.77. The van der Waals surface area contributed by atoms with Gasteiger partial charge < -0.3 is 20.7 Å². The van der Waals surface area contributed by atoms with Crippen molar-refractivity contribution in [1.29, 1.82) is 0 Å². The van der Waals surface area contributed by atoms with Crippen molar-refractivity contribution in [2.75, 3.05) is 0 Å². The number of hydrogen-bond donors (Lipinski definition) is 3. The van der Waals surface area contributed by atoms with Crippen LogP contribution in [0.15, 0.2) is 23.1 Å². The molecule has 0 bridgehead atoms. The van der Waals surface area contributed by atoms with Crippen LogP contribution in [0.5, 0.6) is 0 Å². The zero-order valence-electron chi connectivity index (χ0n) is 13.7. The fraction of sp³-hybridized carbons (Fsp3) is 0.500. The van der Waals surface area contributed by atoms with Gasteiger partial charge in [0, 0.05) is 31.1 Å². The zero-order valence-corrected chi connectivity index (χ0v) is 13.7. The van der Waals surface area contributed by atoms with Crippen LogP contribution < -0.4 is 16.6 Å². The predicted octanol–water partition coefficient (Wildman–Crippen LogP) is 0.162. The summed E-state index contributed by atoms with van der Waals surface area (Å²) in [6, 6.07) is 2.41. The lowest BCUT2D eigenvalue weighted by molar-refractivity contribution is -0.142. The lowest BCUT2D eigenvalue weighted by Gasteiger charge is -2.13. The molecule has 0 fully saturated rings. The Morgan fingerprint density at radius 1 is 1.29 bits per heavy atom. The van der Waals surface area contributed by atoms with Gasteiger partial charge in [-0.2, -0.15) is 0 Å². The van der Waals surface area contributed by atoms with Crippen LogP contribution in [-0.4, -0.2) is 33.5 Å². The van der Waals surface area contributed by atoms with Crippen molar-refractivity contribution < 1.29 is 19.5 Å². The van der Waals surface area contributed by atoms with Crippen molar-refractivity contribution in [2.45, 2.75) is 51.6 Å². The molecule has 2 amide bonds. The van der Waals surface area contributed by atoms with E-state index in [1.807, 2.05) is 0 Å². The van der Waals surface area contributed by atoms with E-state index in [1.165, 1.54) is 0 Å². The maximum atomic E-state index is 11.8. The summed E-state index contributed by atoms with van der Waals surface area (Å²) in [6.07, 6.45) is 2.85. The highest BCUT2D eigenvalue weighted by Crippen LogP contribution is 2.02. The molecule has 1 aromatic heterocycles. The molecule has 8 nitrogen and oxygen atoms in total. The monoisotopic (exact) mass is 337 g/mol. The number of nitrogens with one attached hydrogen (secondary N) is 1. The number of carboxylic acid groups (broad SMARTS) is 1. The molecule has 1 unspecified atom stereocenters. The van der Waals surface area contributed by atoms with Crippen molar-refractivity contribution in [1.82, 2.24) is 9.88 Å². The molecule has 0 saturated heterocycles. The number of aromatic nitrogens is 1. The predicted molar refractivity (Wildman–Crippen MR) is 87.3 cm³/mol. The highest BCUT2D eigenvalue weighted by Gasteiger charge is 2.20. The number of hydrogen-bond acceptors (Lipinski definition) is 4. The summed E-state index contributed by atoms with van der Waals surface area (Å²) in [5.41, 5.74) is 5.58. The number of amides is 2. The van der Waals surface area contributed by atoms with Crippen molar-refractivity contribution in [2.24, 2.45) is 5.73 Å². The Morgan fingerprint density at radius 3 is 2.62 bits per heavy atom. The standard InChI is InChI=1S/C16H23N3O5/c1-11-5-4-10-19(15(11)22)9-3-2-6-14(21)18-12(16(23)24)7-8-13(17)20/h4-5,10,12H,2-3,6-9H2,1H3,(H2,17,20)(H,18,21)(H,23,24). The molecular formula is C16H23N3O5. The lowest BCUT2D eigenvalue weighted by atomic mass is 10.1. The Bertz CT molecular complexity index is 653. The smallest absolute Gasteiger partial charge is 0.326 e. The molecule has 1 rings (SSSR count). The topological polar surface area (TPSA) is 131 Å². The van der Waals surface area contributed by atoms with Gasteiger partial charge in [0.2, 0.25) is 11.8 Å². The van der Waals surface area contributed by atoms with E-state index in [-0.39, 0.29) is 24.8 Å². The van der Waals surface area contributed by atoms with Gasteiger partial charge in [0.15, 0.2) is 0 Å². The van der Waals surface area contributed by atoms with Crippen LogP contribution in [0.1, 0.15) is 37.7 Å². The summed E-state index contributed by atoms with van der Waals surface area (Å²) in [7, 11) is 0. The number of primary amides is 1. The van der Waals surface area contributed by atoms with Gasteiger partial charge in [-0.15, -0.1) is 0 Å². The van der Waals surface area contributed by atoms with Crippen LogP contribution in [0, 0.1) is 6.92 Å². The van der Waals surface area contributed by atoms with Crippen LogP contribution in [0.25, 0.3) is 0 Å². The van der Waals surface area contributed by atoms with Gasteiger partial charge in [0.05, 0.1) is 0 Å². The second-order valence-corrected chi connectivity index (χ2v) is 5.61. The molecule has 8 heteroatoms. The quantitative estimate of drug-likeness (QED) is 0.523. The molecule has 0 radical (unpaired) electrons. The lowest BCUT2D eigenvalue weighted by Crippen LogP contribution is -2.41. The minimum absolute atomic E-state index is 0.0326. The number of aliphatic carboxylic acids is 1. The Hall–Kier alpha value is -2.64. The van der Waals surface area contributed by atoms with Gasteiger partial charge in [0.25, 0.3) is 5.56 Å². The number of rotatable bonds is 10. The minimum Gasteiger partial charge on any atom is -0.480 e. The molecule has 0 spiro atoms. The molecule has 0 saturated carbocycles. The van der Waals surface area contributed by atoms with E-state index in [0.717, 1.165) is 0 Å². The van der Waals surface area contributed by atoms with E-state index in [0.29, 0.717) is 24.9 Å². The number of nitrogens with two attached hydrogens (primary N) is 1. The number of carboxylic acids is 1. The van der Waals surface area contributed by atoms with Crippen molar-refractivity contribution in [3.05, 3.63) is 34.2 Å². The van der Waals surface area contributed by atoms with Gasteiger partial charge in [-0.05, 0) is 32.3 Å². The van der Waals surface area contributed by atoms with Gasteiger partial charge in [-0.3, -0.25) is 14.4 Å². The largest absolute Gasteiger partial charge is 0.480 e. The van der Waals surface area contributed by atoms with E-state index in [9.17, 15) is 19.2 Å². The third kappa shape index (κ3) is 6.64. The van der Waals surface area contributed by atoms with E-state index in [4.69, 9.17) is 10.8 Å². The molecule has 1 heterocycles. The average Bonchev–Trinajstić information content (AvgIpc) is 2.51. The molecular weight excluding hydrogens is 314 g/mol. The number of carbonyl (C=O) groups is 3. The van der Waals surface area contributed by atoms with E-state index >= 15 is 0 Å². The summed E-state index contributed by atoms with van der Waals surface area (Å²) >= 11 is 0. The van der Waals surface area contributed by atoms with Crippen molar-refractivity contribution in [3.63, 3.8) is 0 Å². The zero-order chi connectivity index (χ0) is 18.1. The van der Waals surface area contributed by atoms with E-state index in [1.54, 1.807) is 29.8 Å². The maximum absolute atomic E-state index is 11.8. The van der Waals surface area contributed by atoms with E-state index < -0.39 is 23.8 Å². The van der Waals surface area contributed by atoms with Crippen molar-refractivity contribution >= 4 is 17.8 Å². The normalized spacial score (nSPS) is 11.7. The Labute approximate surface area is 139 Å². The van der Waals surface area contributed by atoms with Gasteiger partial charge in [0.1, 0.15) is 6.04 Å². The third-order valence-electron chi connectivity index (χ3n) is 3.58. The molecule has 0 aliphatic rings. The van der Waals surface area contributed by atoms with Crippen LogP contribution in [0.2, 0.25) is 0 Å². The van der Waals surface area contributed by atoms with Crippen LogP contribution >= 0.6 is 0 Å². The first-order valence-electron chi connectivity index (χ1n) is 7.77. The maximum Gasteiger partial charge on any atom is 0.326 e. The molecule has 132 valence electrons. The molecule has 0 aliphatic carbocycles. The number of unbranched alkanes of at least 4 members (excludes halogenated alkanes) is 1. The summed E-state index contributed by atoms with van der Waals surface area (Å²) in [5.74, 6) is -2.21. The summed E-state index contributed by atoms with van der Waals surface area (Å²) in [6.45, 7) is 2.24. The molecule has 0 aliphatic heterocycles. The molecule has 1 aromatic rings. The molecule has 24 heavy (non-hydrogen) atoms. The molecule has 0 aromatic carbocycles. The summed E-state index contributed by atoms with van der Waals surface area (Å²) < 4.78 is 1.58. The first kappa shape index (κ1) is 19.4. The Balaban J connectivity index is 2.37. The highest BCUT2D eigenvalue weighted by molar-refractivity contribution is 5.84. The van der Waals surface area contributed by atoms with Gasteiger partial charge in [-0.1, -0.05) is 6.07 Å². The Morgan fingerprint density at radius 2 is 2.00 bits per heavy atom. The van der Waals surface area contributed by atoms with Crippen LogP contribution in [-0.2, 0) is 20.9 Å². The second kappa shape index (κ2) is 9.49. The van der Waals surface area contributed by atoms with Gasteiger partial charge in [-0.25, -0.2) is 4.79 Å². The number of nitrogens with zero attached hydrogens (tertiary/aromatic N) is 1. The SMILES string of the molecule is Cc1cccn(CCCCC(=O)NC(CCC(N)=O)C(=O)O)c1=O. The number of carbonyl (C=O) groups excluding carboxylic acids is 2. The number of aryl methyl sites for hydroxylation is 2. The highest BCUT2D eigenvalue weighted by atomic mass is 16.4. The second-order valence-electron chi connectivity index (χ2n) is 5.61. The van der Waals surface area contributed by atoms with Crippen LogP contribution in [0.4, 0.5) is 0 Å². The third-order valence-corrected chi connectivity index (χ3v) is 3.58. The number of pyridine rings is 1. The molecule has 1 atom stereocenters. The van der Waals surface area contributed by atoms with Crippen LogP contribution in [0.3, 0.4) is 0 Å².